The van der Waals surface area contributed by atoms with E-state index >= 15 is 0 Å². The number of carbonyl (C=O) groups excluding carboxylic acids is 1. The monoisotopic (exact) mass is 291 g/mol. The minimum absolute atomic E-state index is 0.0349. The van der Waals surface area contributed by atoms with E-state index in [2.05, 4.69) is 5.32 Å². The van der Waals surface area contributed by atoms with Crippen LogP contribution in [0.2, 0.25) is 0 Å². The third kappa shape index (κ3) is 3.36. The second-order valence-electron chi connectivity index (χ2n) is 4.30. The fourth-order valence-electron chi connectivity index (χ4n) is 1.65. The van der Waals surface area contributed by atoms with Crippen molar-refractivity contribution >= 4 is 21.4 Å². The molecular weight excluding hydrogens is 278 g/mol. The fourth-order valence-corrected chi connectivity index (χ4v) is 2.32. The zero-order valence-electron chi connectivity index (χ0n) is 10.7. The molecule has 0 bridgehead atoms. The SMILES string of the molecule is CS(=O)(=O)c1cccc(C(=O)Nc2cccc(O)c2)c1. The van der Waals surface area contributed by atoms with E-state index in [1.807, 2.05) is 0 Å². The van der Waals surface area contributed by atoms with Gasteiger partial charge in [-0.1, -0.05) is 12.1 Å². The van der Waals surface area contributed by atoms with E-state index in [1.54, 1.807) is 12.1 Å². The molecule has 2 aromatic carbocycles. The van der Waals surface area contributed by atoms with Gasteiger partial charge in [-0.3, -0.25) is 4.79 Å². The van der Waals surface area contributed by atoms with Gasteiger partial charge in [0.15, 0.2) is 9.84 Å². The number of benzene rings is 2. The summed E-state index contributed by atoms with van der Waals surface area (Å²) in [5, 5.41) is 11.9. The molecule has 0 aromatic heterocycles. The highest BCUT2D eigenvalue weighted by molar-refractivity contribution is 7.90. The second-order valence-corrected chi connectivity index (χ2v) is 6.32. The standard InChI is InChI=1S/C14H13NO4S/c1-20(18,19)13-7-2-4-10(8-13)14(17)15-11-5-3-6-12(16)9-11/h2-9,16H,1H3,(H,15,17). The van der Waals surface area contributed by atoms with Crippen molar-refractivity contribution in [2.45, 2.75) is 4.90 Å². The molecule has 1 amide bonds. The maximum Gasteiger partial charge on any atom is 0.255 e. The molecule has 5 nitrogen and oxygen atoms in total. The number of anilines is 1. The number of nitrogens with one attached hydrogen (secondary N) is 1. The lowest BCUT2D eigenvalue weighted by Crippen LogP contribution is -2.12. The van der Waals surface area contributed by atoms with E-state index < -0.39 is 15.7 Å². The van der Waals surface area contributed by atoms with Gasteiger partial charge >= 0.3 is 0 Å². The first-order valence-electron chi connectivity index (χ1n) is 5.77. The van der Waals surface area contributed by atoms with Crippen molar-refractivity contribution in [2.24, 2.45) is 0 Å². The molecule has 0 unspecified atom stereocenters. The van der Waals surface area contributed by atoms with E-state index in [-0.39, 0.29) is 16.2 Å². The molecule has 0 spiro atoms. The van der Waals surface area contributed by atoms with Crippen LogP contribution in [0.25, 0.3) is 0 Å². The summed E-state index contributed by atoms with van der Waals surface area (Å²) in [7, 11) is -3.36. The summed E-state index contributed by atoms with van der Waals surface area (Å²) in [5.74, 6) is -0.409. The molecule has 0 heterocycles. The summed E-state index contributed by atoms with van der Waals surface area (Å²) in [6.07, 6.45) is 1.08. The van der Waals surface area contributed by atoms with Gasteiger partial charge in [0.05, 0.1) is 4.90 Å². The summed E-state index contributed by atoms with van der Waals surface area (Å²) < 4.78 is 22.9. The lowest BCUT2D eigenvalue weighted by atomic mass is 10.2. The number of amides is 1. The summed E-state index contributed by atoms with van der Waals surface area (Å²) in [4.78, 5) is 12.1. The molecule has 2 N–H and O–H groups in total. The van der Waals surface area contributed by atoms with E-state index in [9.17, 15) is 18.3 Å². The Bertz CT molecular complexity index is 753. The number of phenolic OH excluding ortho intramolecular Hbond substituents is 1. The van der Waals surface area contributed by atoms with Crippen LogP contribution >= 0.6 is 0 Å². The summed E-state index contributed by atoms with van der Waals surface area (Å²) in [6, 6.07) is 11.9. The highest BCUT2D eigenvalue weighted by Gasteiger charge is 2.11. The van der Waals surface area contributed by atoms with Crippen molar-refractivity contribution in [3.8, 4) is 5.75 Å². The van der Waals surface area contributed by atoms with Gasteiger partial charge in [0, 0.05) is 23.6 Å². The van der Waals surface area contributed by atoms with Crippen LogP contribution in [0.1, 0.15) is 10.4 Å². The van der Waals surface area contributed by atoms with Crippen LogP contribution in [-0.4, -0.2) is 25.7 Å². The Morgan fingerprint density at radius 2 is 1.80 bits per heavy atom. The summed E-state index contributed by atoms with van der Waals surface area (Å²) in [5.41, 5.74) is 0.663. The third-order valence-electron chi connectivity index (χ3n) is 2.63. The third-order valence-corrected chi connectivity index (χ3v) is 3.74. The molecule has 0 aliphatic rings. The maximum absolute atomic E-state index is 12.0. The van der Waals surface area contributed by atoms with Gasteiger partial charge in [0.25, 0.3) is 5.91 Å². The number of aromatic hydroxyl groups is 1. The minimum atomic E-state index is -3.36. The first-order valence-corrected chi connectivity index (χ1v) is 7.66. The van der Waals surface area contributed by atoms with Crippen LogP contribution in [0.15, 0.2) is 53.4 Å². The van der Waals surface area contributed by atoms with Crippen molar-refractivity contribution < 1.29 is 18.3 Å². The van der Waals surface area contributed by atoms with Crippen LogP contribution in [-0.2, 0) is 9.84 Å². The Morgan fingerprint density at radius 3 is 2.45 bits per heavy atom. The van der Waals surface area contributed by atoms with Gasteiger partial charge in [-0.25, -0.2) is 8.42 Å². The Balaban J connectivity index is 2.26. The van der Waals surface area contributed by atoms with Crippen LogP contribution in [0.4, 0.5) is 5.69 Å². The molecular formula is C14H13NO4S. The zero-order chi connectivity index (χ0) is 14.8. The average molecular weight is 291 g/mol. The summed E-state index contributed by atoms with van der Waals surface area (Å²) in [6.45, 7) is 0. The van der Waals surface area contributed by atoms with Gasteiger partial charge in [-0.2, -0.15) is 0 Å². The van der Waals surface area contributed by atoms with Gasteiger partial charge in [0.1, 0.15) is 5.75 Å². The second kappa shape index (κ2) is 5.34. The first kappa shape index (κ1) is 14.1. The lowest BCUT2D eigenvalue weighted by Gasteiger charge is -2.06. The number of sulfone groups is 1. The largest absolute Gasteiger partial charge is 0.508 e. The van der Waals surface area contributed by atoms with Crippen LogP contribution < -0.4 is 5.32 Å². The lowest BCUT2D eigenvalue weighted by molar-refractivity contribution is 0.102. The predicted octanol–water partition coefficient (Wildman–Crippen LogP) is 2.05. The minimum Gasteiger partial charge on any atom is -0.508 e. The number of rotatable bonds is 3. The first-order chi connectivity index (χ1) is 9.36. The van der Waals surface area contributed by atoms with Crippen molar-refractivity contribution in [3.63, 3.8) is 0 Å². The van der Waals surface area contributed by atoms with Crippen molar-refractivity contribution in [1.29, 1.82) is 0 Å². The predicted molar refractivity (Wildman–Crippen MR) is 75.6 cm³/mol. The van der Waals surface area contributed by atoms with E-state index in [1.165, 1.54) is 36.4 Å². The molecule has 0 fully saturated rings. The molecule has 0 atom stereocenters. The topological polar surface area (TPSA) is 83.5 Å². The van der Waals surface area contributed by atoms with Crippen molar-refractivity contribution in [2.75, 3.05) is 11.6 Å². The van der Waals surface area contributed by atoms with Gasteiger partial charge in [0.2, 0.25) is 0 Å². The molecule has 20 heavy (non-hydrogen) atoms. The molecule has 104 valence electrons. The number of hydrogen-bond acceptors (Lipinski definition) is 4. The van der Waals surface area contributed by atoms with E-state index in [0.717, 1.165) is 6.26 Å². The van der Waals surface area contributed by atoms with Crippen LogP contribution in [0, 0.1) is 0 Å². The molecule has 0 saturated heterocycles. The number of carbonyl (C=O) groups is 1. The van der Waals surface area contributed by atoms with Crippen molar-refractivity contribution in [1.82, 2.24) is 0 Å². The molecule has 2 aromatic rings. The Hall–Kier alpha value is -2.34. The fraction of sp³-hybridized carbons (Fsp3) is 0.0714. The Labute approximate surface area is 116 Å². The highest BCUT2D eigenvalue weighted by Crippen LogP contribution is 2.17. The molecule has 0 radical (unpaired) electrons. The van der Waals surface area contributed by atoms with E-state index in [4.69, 9.17) is 0 Å². The van der Waals surface area contributed by atoms with Gasteiger partial charge in [-0.15, -0.1) is 0 Å². The average Bonchev–Trinajstić information content (AvgIpc) is 2.38. The normalized spacial score (nSPS) is 11.1. The smallest absolute Gasteiger partial charge is 0.255 e. The molecule has 2 rings (SSSR count). The van der Waals surface area contributed by atoms with Crippen molar-refractivity contribution in [3.05, 3.63) is 54.1 Å². The van der Waals surface area contributed by atoms with Gasteiger partial charge < -0.3 is 10.4 Å². The Morgan fingerprint density at radius 1 is 1.10 bits per heavy atom. The molecule has 0 aliphatic heterocycles. The van der Waals surface area contributed by atoms with Gasteiger partial charge in [-0.05, 0) is 30.3 Å². The molecule has 6 heteroatoms. The number of phenols is 1. The van der Waals surface area contributed by atoms with Crippen LogP contribution in [0.3, 0.4) is 0 Å². The van der Waals surface area contributed by atoms with Crippen LogP contribution in [0.5, 0.6) is 5.75 Å². The summed E-state index contributed by atoms with van der Waals surface area (Å²) >= 11 is 0. The molecule has 0 saturated carbocycles. The molecule has 0 aliphatic carbocycles. The quantitative estimate of drug-likeness (QED) is 0.906. The maximum atomic E-state index is 12.0. The number of hydrogen-bond donors (Lipinski definition) is 2. The zero-order valence-corrected chi connectivity index (χ0v) is 11.5. The van der Waals surface area contributed by atoms with E-state index in [0.29, 0.717) is 5.69 Å². The highest BCUT2D eigenvalue weighted by atomic mass is 32.2. The Kier molecular flexibility index (Phi) is 3.76.